The van der Waals surface area contributed by atoms with Crippen LogP contribution in [0.4, 0.5) is 0 Å². The lowest BCUT2D eigenvalue weighted by Gasteiger charge is -2.38. The highest BCUT2D eigenvalue weighted by molar-refractivity contribution is 6.09. The number of aromatic nitrogens is 2. The first-order valence-corrected chi connectivity index (χ1v) is 17.4. The topological polar surface area (TPSA) is 50.5 Å². The van der Waals surface area contributed by atoms with Gasteiger partial charge in [0, 0.05) is 52.2 Å². The molecule has 2 aliphatic carbocycles. The largest absolute Gasteiger partial charge is 0.261 e. The number of nitrogens with zero attached hydrogens (tertiary/aromatic N) is 4. The van der Waals surface area contributed by atoms with E-state index in [1.54, 1.807) is 0 Å². The smallest absolute Gasteiger partial charge is 0.159 e. The van der Waals surface area contributed by atoms with Crippen LogP contribution in [0.15, 0.2) is 186 Å². The molecule has 5 aromatic rings. The zero-order valence-electron chi connectivity index (χ0n) is 28.8. The minimum absolute atomic E-state index is 0.170. The molecule has 0 amide bonds. The molecule has 246 valence electrons. The van der Waals surface area contributed by atoms with E-state index in [9.17, 15) is 0 Å². The Morgan fingerprint density at radius 2 is 1.48 bits per heavy atom. The molecular formula is C46H42N4. The molecule has 2 aliphatic rings. The zero-order valence-corrected chi connectivity index (χ0v) is 28.8. The predicted molar refractivity (Wildman–Crippen MR) is 208 cm³/mol. The first-order valence-electron chi connectivity index (χ1n) is 17.4. The van der Waals surface area contributed by atoms with Crippen molar-refractivity contribution in [1.82, 2.24) is 9.97 Å². The Kier molecular flexibility index (Phi) is 9.70. The number of hydrogen-bond acceptors (Lipinski definition) is 3. The average molecular weight is 651 g/mol. The highest BCUT2D eigenvalue weighted by atomic mass is 14.9. The molecule has 50 heavy (non-hydrogen) atoms. The maximum absolute atomic E-state index is 5.45. The maximum atomic E-state index is 5.45. The lowest BCUT2D eigenvalue weighted by atomic mass is 9.66. The first kappa shape index (κ1) is 32.8. The molecule has 2 aromatic heterocycles. The Hall–Kier alpha value is -5.74. The van der Waals surface area contributed by atoms with Gasteiger partial charge in [-0.3, -0.25) is 9.97 Å². The lowest BCUT2D eigenvalue weighted by Crippen LogP contribution is -2.32. The van der Waals surface area contributed by atoms with Crippen LogP contribution in [0.2, 0.25) is 0 Å². The van der Waals surface area contributed by atoms with Crippen LogP contribution in [0.1, 0.15) is 67.3 Å². The molecule has 2 heterocycles. The summed E-state index contributed by atoms with van der Waals surface area (Å²) in [5, 5.41) is 0. The molecule has 7 rings (SSSR count). The highest BCUT2D eigenvalue weighted by Gasteiger charge is 2.36. The molecule has 0 fully saturated rings. The molecule has 0 saturated heterocycles. The Bertz CT molecular complexity index is 2110. The highest BCUT2D eigenvalue weighted by Crippen LogP contribution is 2.47. The van der Waals surface area contributed by atoms with Crippen LogP contribution in [0.25, 0.3) is 16.8 Å². The minimum atomic E-state index is -0.210. The summed E-state index contributed by atoms with van der Waals surface area (Å²) in [6.07, 6.45) is 15.2. The van der Waals surface area contributed by atoms with Crippen molar-refractivity contribution in [2.24, 2.45) is 15.4 Å². The molecule has 3 aromatic carbocycles. The molecule has 0 aliphatic heterocycles. The predicted octanol–water partition coefficient (Wildman–Crippen LogP) is 11.2. The summed E-state index contributed by atoms with van der Waals surface area (Å²) in [7, 11) is 0. The second-order valence-corrected chi connectivity index (χ2v) is 13.5. The molecule has 0 bridgehead atoms. The van der Waals surface area contributed by atoms with Crippen molar-refractivity contribution in [3.63, 3.8) is 0 Å². The van der Waals surface area contributed by atoms with E-state index in [0.717, 1.165) is 53.1 Å². The SMILES string of the molecule is C=C(/N=C(\N=C(/C)C1(C)CC(c2ccccc2)=CC(c2ccccc2)C1)c1cccc(-c2ccccn2)c1)C1=CC=CC(c2ccccn2)C1. The maximum Gasteiger partial charge on any atom is 0.159 e. The summed E-state index contributed by atoms with van der Waals surface area (Å²) in [4.78, 5) is 19.9. The van der Waals surface area contributed by atoms with Gasteiger partial charge >= 0.3 is 0 Å². The van der Waals surface area contributed by atoms with Crippen molar-refractivity contribution < 1.29 is 0 Å². The molecule has 3 unspecified atom stereocenters. The zero-order chi connectivity index (χ0) is 34.3. The van der Waals surface area contributed by atoms with Gasteiger partial charge in [-0.1, -0.05) is 129 Å². The number of rotatable bonds is 8. The Morgan fingerprint density at radius 3 is 2.22 bits per heavy atom. The second-order valence-electron chi connectivity index (χ2n) is 13.5. The standard InChI is InChI=1S/C46H42N4/c1-33(37-20-14-21-38(28-37)43-24-10-12-26-47-43)49-45(40-23-15-22-39(29-40)44-25-11-13-27-48-44)50-34(2)46(3)31-41(35-16-6-4-7-17-35)30-42(32-46)36-18-8-5-9-19-36/h4-27,29-30,38,41H,1,28,31-32H2,2-3H3/b49-45-,50-34+. The van der Waals surface area contributed by atoms with E-state index >= 15 is 0 Å². The lowest BCUT2D eigenvalue weighted by molar-refractivity contribution is 0.402. The second kappa shape index (κ2) is 14.8. The van der Waals surface area contributed by atoms with Crippen molar-refractivity contribution in [3.05, 3.63) is 198 Å². The van der Waals surface area contributed by atoms with E-state index in [-0.39, 0.29) is 17.3 Å². The number of amidine groups is 1. The van der Waals surface area contributed by atoms with Crippen LogP contribution in [0, 0.1) is 5.41 Å². The number of aliphatic imine (C=N–C) groups is 2. The Balaban J connectivity index is 1.28. The van der Waals surface area contributed by atoms with Crippen molar-refractivity contribution in [3.8, 4) is 11.3 Å². The van der Waals surface area contributed by atoms with Crippen LogP contribution in [0.3, 0.4) is 0 Å². The van der Waals surface area contributed by atoms with Crippen molar-refractivity contribution >= 4 is 17.1 Å². The fourth-order valence-electron chi connectivity index (χ4n) is 7.07. The van der Waals surface area contributed by atoms with Crippen molar-refractivity contribution in [2.45, 2.75) is 44.9 Å². The van der Waals surface area contributed by atoms with Gasteiger partial charge in [-0.25, -0.2) is 9.98 Å². The molecule has 0 radical (unpaired) electrons. The van der Waals surface area contributed by atoms with Gasteiger partial charge in [0.15, 0.2) is 5.84 Å². The van der Waals surface area contributed by atoms with E-state index in [0.29, 0.717) is 11.5 Å². The third-order valence-corrected chi connectivity index (χ3v) is 10.0. The molecule has 0 spiro atoms. The van der Waals surface area contributed by atoms with Gasteiger partial charge in [0.05, 0.1) is 11.4 Å². The van der Waals surface area contributed by atoms with Gasteiger partial charge < -0.3 is 0 Å². The van der Waals surface area contributed by atoms with Crippen LogP contribution >= 0.6 is 0 Å². The molecule has 4 heteroatoms. The summed E-state index contributed by atoms with van der Waals surface area (Å²) < 4.78 is 0. The molecule has 4 nitrogen and oxygen atoms in total. The average Bonchev–Trinajstić information content (AvgIpc) is 3.19. The van der Waals surface area contributed by atoms with Gasteiger partial charge in [-0.15, -0.1) is 0 Å². The van der Waals surface area contributed by atoms with Gasteiger partial charge in [0.25, 0.3) is 0 Å². The van der Waals surface area contributed by atoms with E-state index < -0.39 is 0 Å². The van der Waals surface area contributed by atoms with E-state index in [2.05, 4.69) is 146 Å². The van der Waals surface area contributed by atoms with Crippen molar-refractivity contribution in [1.29, 1.82) is 0 Å². The summed E-state index contributed by atoms with van der Waals surface area (Å²) in [6.45, 7) is 9.03. The molecule has 0 saturated carbocycles. The first-order chi connectivity index (χ1) is 24.4. The fourth-order valence-corrected chi connectivity index (χ4v) is 7.07. The van der Waals surface area contributed by atoms with Gasteiger partial charge in [0.2, 0.25) is 0 Å². The van der Waals surface area contributed by atoms with Crippen LogP contribution in [0.5, 0.6) is 0 Å². The van der Waals surface area contributed by atoms with Crippen molar-refractivity contribution in [2.75, 3.05) is 0 Å². The van der Waals surface area contributed by atoms with E-state index in [4.69, 9.17) is 9.98 Å². The van der Waals surface area contributed by atoms with Crippen LogP contribution in [-0.2, 0) is 0 Å². The Labute approximate surface area is 296 Å². The molecule has 3 atom stereocenters. The summed E-state index contributed by atoms with van der Waals surface area (Å²) in [6, 6.07) is 42.1. The monoisotopic (exact) mass is 650 g/mol. The summed E-state index contributed by atoms with van der Waals surface area (Å²) >= 11 is 0. The fraction of sp³-hybridized carbons (Fsp3) is 0.174. The van der Waals surface area contributed by atoms with E-state index in [1.165, 1.54) is 16.7 Å². The molecule has 0 N–H and O–H groups in total. The summed E-state index contributed by atoms with van der Waals surface area (Å²) in [5.74, 6) is 1.09. The number of benzene rings is 3. The third kappa shape index (κ3) is 7.45. The number of allylic oxidation sites excluding steroid dienone is 6. The Morgan fingerprint density at radius 1 is 0.760 bits per heavy atom. The summed E-state index contributed by atoms with van der Waals surface area (Å²) in [5.41, 5.74) is 10.5. The molecular weight excluding hydrogens is 609 g/mol. The number of pyridine rings is 2. The quantitative estimate of drug-likeness (QED) is 0.124. The number of hydrogen-bond donors (Lipinski definition) is 0. The normalized spacial score (nSPS) is 20.9. The van der Waals surface area contributed by atoms with Crippen LogP contribution in [-0.4, -0.2) is 21.5 Å². The van der Waals surface area contributed by atoms with E-state index in [1.807, 2.05) is 42.7 Å². The van der Waals surface area contributed by atoms with Gasteiger partial charge in [0.1, 0.15) is 0 Å². The third-order valence-electron chi connectivity index (χ3n) is 10.0. The van der Waals surface area contributed by atoms with Gasteiger partial charge in [-0.2, -0.15) is 0 Å². The van der Waals surface area contributed by atoms with Crippen LogP contribution < -0.4 is 0 Å². The minimum Gasteiger partial charge on any atom is -0.261 e. The van der Waals surface area contributed by atoms with Gasteiger partial charge in [-0.05, 0) is 78.8 Å².